The third-order valence-corrected chi connectivity index (χ3v) is 7.05. The van der Waals surface area contributed by atoms with Gasteiger partial charge >= 0.3 is 0 Å². The minimum absolute atomic E-state index is 0.0763. The summed E-state index contributed by atoms with van der Waals surface area (Å²) >= 11 is 0. The van der Waals surface area contributed by atoms with Crippen molar-refractivity contribution >= 4 is 16.4 Å². The number of aromatic nitrogens is 2. The van der Waals surface area contributed by atoms with E-state index < -0.39 is 0 Å². The lowest BCUT2D eigenvalue weighted by atomic mass is 9.89. The normalized spacial score (nSPS) is 14.8. The van der Waals surface area contributed by atoms with E-state index in [-0.39, 0.29) is 5.54 Å². The fourth-order valence-electron chi connectivity index (χ4n) is 5.26. The number of benzene rings is 2. The van der Waals surface area contributed by atoms with Crippen molar-refractivity contribution in [1.29, 1.82) is 0 Å². The van der Waals surface area contributed by atoms with Crippen molar-refractivity contribution in [2.75, 3.05) is 0 Å². The molecule has 0 unspecified atom stereocenters. The van der Waals surface area contributed by atoms with Crippen LogP contribution in [-0.4, -0.2) is 4.40 Å². The van der Waals surface area contributed by atoms with Gasteiger partial charge in [0.1, 0.15) is 11.2 Å². The first kappa shape index (κ1) is 16.6. The quantitative estimate of drug-likeness (QED) is 0.358. The molecule has 0 bridgehead atoms. The molecule has 2 heteroatoms. The molecule has 1 aliphatic heterocycles. The first-order valence-electron chi connectivity index (χ1n) is 9.83. The van der Waals surface area contributed by atoms with Crippen molar-refractivity contribution in [1.82, 2.24) is 4.40 Å². The van der Waals surface area contributed by atoms with Crippen LogP contribution in [0.15, 0.2) is 36.4 Å². The average molecular weight is 356 g/mol. The van der Waals surface area contributed by atoms with Gasteiger partial charge in [0.15, 0.2) is 11.4 Å². The van der Waals surface area contributed by atoms with Crippen LogP contribution in [0.2, 0.25) is 0 Å². The fourth-order valence-corrected chi connectivity index (χ4v) is 5.26. The summed E-state index contributed by atoms with van der Waals surface area (Å²) in [6.45, 7) is 16.1. The van der Waals surface area contributed by atoms with E-state index in [0.29, 0.717) is 0 Å². The van der Waals surface area contributed by atoms with Crippen LogP contribution in [0.25, 0.3) is 27.7 Å². The van der Waals surface area contributed by atoms with E-state index in [1.807, 2.05) is 0 Å². The Labute approximate surface area is 161 Å². The number of fused-ring (bicyclic) bond motifs is 7. The molecular weight excluding hydrogens is 328 g/mol. The Balaban J connectivity index is 2.09. The molecule has 0 amide bonds. The standard InChI is InChI=1S/C25H27N2/c1-14-15(2)17(4)26-18(5)23-22-20-11-9-8-10-19(20)12-13-21(22)25(6,7)27(23)24(26)16(14)3/h8-13H,1-7H3/q+1. The third kappa shape index (κ3) is 1.79. The number of imidazole rings is 1. The largest absolute Gasteiger partial charge is 0.291 e. The molecule has 4 aromatic rings. The van der Waals surface area contributed by atoms with Gasteiger partial charge in [-0.1, -0.05) is 36.4 Å². The van der Waals surface area contributed by atoms with E-state index in [9.17, 15) is 0 Å². The molecule has 136 valence electrons. The number of pyridine rings is 1. The average Bonchev–Trinajstić information content (AvgIpc) is 3.09. The Morgan fingerprint density at radius 1 is 0.778 bits per heavy atom. The lowest BCUT2D eigenvalue weighted by Crippen LogP contribution is -2.50. The van der Waals surface area contributed by atoms with Crippen LogP contribution < -0.4 is 4.57 Å². The van der Waals surface area contributed by atoms with Crippen LogP contribution in [-0.2, 0) is 5.54 Å². The molecule has 0 fully saturated rings. The number of rotatable bonds is 0. The van der Waals surface area contributed by atoms with E-state index in [4.69, 9.17) is 0 Å². The van der Waals surface area contributed by atoms with Crippen molar-refractivity contribution < 1.29 is 4.57 Å². The highest BCUT2D eigenvalue weighted by atomic mass is 15.2. The molecule has 0 aliphatic carbocycles. The number of hydrogen-bond acceptors (Lipinski definition) is 0. The molecule has 2 aromatic heterocycles. The van der Waals surface area contributed by atoms with Gasteiger partial charge in [-0.15, -0.1) is 0 Å². The van der Waals surface area contributed by atoms with Crippen molar-refractivity contribution in [3.63, 3.8) is 0 Å². The Morgan fingerprint density at radius 2 is 1.48 bits per heavy atom. The van der Waals surface area contributed by atoms with Gasteiger partial charge < -0.3 is 0 Å². The van der Waals surface area contributed by atoms with Crippen molar-refractivity contribution in [3.05, 3.63) is 70.0 Å². The molecule has 0 radical (unpaired) electrons. The van der Waals surface area contributed by atoms with Crippen LogP contribution in [0.3, 0.4) is 0 Å². The number of aryl methyl sites for hydroxylation is 3. The minimum atomic E-state index is -0.0763. The van der Waals surface area contributed by atoms with E-state index in [2.05, 4.69) is 93.8 Å². The van der Waals surface area contributed by atoms with Gasteiger partial charge in [-0.25, -0.2) is 4.57 Å². The molecule has 5 rings (SSSR count). The van der Waals surface area contributed by atoms with Gasteiger partial charge in [0.05, 0.1) is 0 Å². The highest BCUT2D eigenvalue weighted by Gasteiger charge is 2.46. The monoisotopic (exact) mass is 355 g/mol. The molecule has 2 nitrogen and oxygen atoms in total. The summed E-state index contributed by atoms with van der Waals surface area (Å²) in [5.41, 5.74) is 12.4. The second-order valence-corrected chi connectivity index (χ2v) is 8.66. The molecule has 0 saturated carbocycles. The van der Waals surface area contributed by atoms with E-state index >= 15 is 0 Å². The first-order chi connectivity index (χ1) is 12.8. The smallest absolute Gasteiger partial charge is 0.213 e. The molecule has 3 heterocycles. The first-order valence-corrected chi connectivity index (χ1v) is 9.83. The summed E-state index contributed by atoms with van der Waals surface area (Å²) in [6, 6.07) is 13.4. The zero-order valence-electron chi connectivity index (χ0n) is 17.4. The number of nitrogens with zero attached hydrogens (tertiary/aromatic N) is 2. The predicted molar refractivity (Wildman–Crippen MR) is 113 cm³/mol. The van der Waals surface area contributed by atoms with Gasteiger partial charge in [0, 0.05) is 23.6 Å². The molecule has 0 N–H and O–H groups in total. The maximum absolute atomic E-state index is 2.59. The molecule has 27 heavy (non-hydrogen) atoms. The topological polar surface area (TPSA) is 8.29 Å². The summed E-state index contributed by atoms with van der Waals surface area (Å²) < 4.78 is 5.08. The van der Waals surface area contributed by atoms with Gasteiger partial charge in [0.2, 0.25) is 0 Å². The summed E-state index contributed by atoms with van der Waals surface area (Å²) in [4.78, 5) is 0. The minimum Gasteiger partial charge on any atom is -0.213 e. The highest BCUT2D eigenvalue weighted by molar-refractivity contribution is 5.98. The second-order valence-electron chi connectivity index (χ2n) is 8.66. The highest BCUT2D eigenvalue weighted by Crippen LogP contribution is 2.45. The van der Waals surface area contributed by atoms with E-state index in [1.165, 1.54) is 61.3 Å². The summed E-state index contributed by atoms with van der Waals surface area (Å²) in [5.74, 6) is 0. The van der Waals surface area contributed by atoms with Gasteiger partial charge in [-0.3, -0.25) is 0 Å². The van der Waals surface area contributed by atoms with Crippen LogP contribution in [0.5, 0.6) is 0 Å². The van der Waals surface area contributed by atoms with E-state index in [0.717, 1.165) is 0 Å². The maximum Gasteiger partial charge on any atom is 0.291 e. The molecule has 2 aromatic carbocycles. The van der Waals surface area contributed by atoms with Crippen LogP contribution in [0, 0.1) is 34.6 Å². The van der Waals surface area contributed by atoms with Crippen LogP contribution >= 0.6 is 0 Å². The zero-order valence-corrected chi connectivity index (χ0v) is 17.4. The molecule has 0 spiro atoms. The SMILES string of the molecule is Cc1c(C)c(C)n2c(C)c3[n+](c2c1C)C(C)(C)c1ccc2ccccc2c1-3. The predicted octanol–water partition coefficient (Wildman–Crippen LogP) is 5.69. The lowest BCUT2D eigenvalue weighted by Gasteiger charge is -2.20. The lowest BCUT2D eigenvalue weighted by molar-refractivity contribution is -0.707. The zero-order chi connectivity index (χ0) is 19.2. The van der Waals surface area contributed by atoms with Crippen LogP contribution in [0.1, 0.15) is 47.5 Å². The Hall–Kier alpha value is -2.61. The second kappa shape index (κ2) is 5.01. The fraction of sp³-hybridized carbons (Fsp3) is 0.320. The Morgan fingerprint density at radius 3 is 2.22 bits per heavy atom. The van der Waals surface area contributed by atoms with Gasteiger partial charge in [-0.05, 0) is 63.4 Å². The molecule has 0 atom stereocenters. The Kier molecular flexibility index (Phi) is 3.07. The van der Waals surface area contributed by atoms with Gasteiger partial charge in [0.25, 0.3) is 5.65 Å². The maximum atomic E-state index is 2.59. The number of hydrogen-bond donors (Lipinski definition) is 0. The van der Waals surface area contributed by atoms with Gasteiger partial charge in [-0.2, -0.15) is 4.40 Å². The van der Waals surface area contributed by atoms with Crippen LogP contribution in [0.4, 0.5) is 0 Å². The molecule has 1 aliphatic rings. The summed E-state index contributed by atoms with van der Waals surface area (Å²) in [6.07, 6.45) is 0. The molecule has 0 saturated heterocycles. The summed E-state index contributed by atoms with van der Waals surface area (Å²) in [7, 11) is 0. The molecular formula is C25H27N2+. The summed E-state index contributed by atoms with van der Waals surface area (Å²) in [5, 5.41) is 2.67. The van der Waals surface area contributed by atoms with E-state index in [1.54, 1.807) is 0 Å². The van der Waals surface area contributed by atoms with Crippen molar-refractivity contribution in [2.45, 2.75) is 54.0 Å². The third-order valence-electron chi connectivity index (χ3n) is 7.05. The Bertz CT molecular complexity index is 1290. The van der Waals surface area contributed by atoms with Crippen molar-refractivity contribution in [2.24, 2.45) is 0 Å². The van der Waals surface area contributed by atoms with Crippen molar-refractivity contribution in [3.8, 4) is 11.3 Å².